The summed E-state index contributed by atoms with van der Waals surface area (Å²) in [6.07, 6.45) is 2.42. The summed E-state index contributed by atoms with van der Waals surface area (Å²) >= 11 is 0. The standard InChI is InChI=1S/C17H18N4O3/c1-24-9-5-8-18-16(22)13-10-15-17(23)19-14(11-21(15)20-13)12-6-3-2-4-7-12/h2-4,6-7,10-11H,5,8-9H2,1H3,(H,18,22)(H,19,23). The Balaban J connectivity index is 1.87. The van der Waals surface area contributed by atoms with Crippen LogP contribution in [0.15, 0.2) is 47.4 Å². The maximum atomic E-state index is 12.2. The van der Waals surface area contributed by atoms with Crippen LogP contribution in [0, 0.1) is 0 Å². The van der Waals surface area contributed by atoms with E-state index in [0.29, 0.717) is 30.8 Å². The van der Waals surface area contributed by atoms with Crippen molar-refractivity contribution >= 4 is 11.4 Å². The van der Waals surface area contributed by atoms with Crippen LogP contribution in [0.1, 0.15) is 16.9 Å². The van der Waals surface area contributed by atoms with Gasteiger partial charge in [0, 0.05) is 26.3 Å². The molecule has 0 bridgehead atoms. The van der Waals surface area contributed by atoms with Crippen molar-refractivity contribution in [1.29, 1.82) is 0 Å². The highest BCUT2D eigenvalue weighted by atomic mass is 16.5. The lowest BCUT2D eigenvalue weighted by molar-refractivity contribution is 0.0943. The van der Waals surface area contributed by atoms with Crippen molar-refractivity contribution in [3.05, 3.63) is 58.6 Å². The number of rotatable bonds is 6. The summed E-state index contributed by atoms with van der Waals surface area (Å²) in [4.78, 5) is 27.2. The Bertz CT molecular complexity index is 899. The lowest BCUT2D eigenvalue weighted by atomic mass is 10.2. The third kappa shape index (κ3) is 3.36. The number of nitrogens with one attached hydrogen (secondary N) is 2. The van der Waals surface area contributed by atoms with E-state index in [9.17, 15) is 9.59 Å². The van der Waals surface area contributed by atoms with E-state index in [1.807, 2.05) is 30.3 Å². The first-order valence-corrected chi connectivity index (χ1v) is 7.64. The third-order valence-corrected chi connectivity index (χ3v) is 3.60. The van der Waals surface area contributed by atoms with Gasteiger partial charge in [-0.2, -0.15) is 5.10 Å². The van der Waals surface area contributed by atoms with E-state index in [1.165, 1.54) is 10.6 Å². The van der Waals surface area contributed by atoms with Crippen molar-refractivity contribution in [2.45, 2.75) is 6.42 Å². The number of benzene rings is 1. The van der Waals surface area contributed by atoms with Gasteiger partial charge in [-0.15, -0.1) is 0 Å². The second-order valence-electron chi connectivity index (χ2n) is 5.32. The predicted molar refractivity (Wildman–Crippen MR) is 90.1 cm³/mol. The number of ether oxygens (including phenoxy) is 1. The SMILES string of the molecule is COCCCNC(=O)c1cc2c(=O)[nH]c(-c3ccccc3)cn2n1. The van der Waals surface area contributed by atoms with E-state index in [0.717, 1.165) is 5.56 Å². The number of hydrogen-bond donors (Lipinski definition) is 2. The van der Waals surface area contributed by atoms with Gasteiger partial charge in [0.2, 0.25) is 0 Å². The van der Waals surface area contributed by atoms with Gasteiger partial charge in [-0.1, -0.05) is 30.3 Å². The van der Waals surface area contributed by atoms with Gasteiger partial charge in [0.05, 0.1) is 11.9 Å². The quantitative estimate of drug-likeness (QED) is 0.671. The number of aromatic nitrogens is 3. The smallest absolute Gasteiger partial charge is 0.274 e. The molecule has 0 saturated carbocycles. The molecule has 0 unspecified atom stereocenters. The Morgan fingerprint density at radius 3 is 2.88 bits per heavy atom. The van der Waals surface area contributed by atoms with Crippen LogP contribution < -0.4 is 10.9 Å². The molecule has 1 amide bonds. The molecular weight excluding hydrogens is 308 g/mol. The maximum Gasteiger partial charge on any atom is 0.274 e. The topological polar surface area (TPSA) is 88.5 Å². The summed E-state index contributed by atoms with van der Waals surface area (Å²) in [5.74, 6) is -0.310. The summed E-state index contributed by atoms with van der Waals surface area (Å²) in [5, 5.41) is 6.97. The van der Waals surface area contributed by atoms with Crippen molar-refractivity contribution in [1.82, 2.24) is 19.9 Å². The lowest BCUT2D eigenvalue weighted by Crippen LogP contribution is -2.25. The van der Waals surface area contributed by atoms with E-state index in [-0.39, 0.29) is 17.2 Å². The first-order valence-electron chi connectivity index (χ1n) is 7.64. The fourth-order valence-corrected chi connectivity index (χ4v) is 2.39. The van der Waals surface area contributed by atoms with Crippen LogP contribution in [0.3, 0.4) is 0 Å². The molecule has 0 saturated heterocycles. The van der Waals surface area contributed by atoms with E-state index in [4.69, 9.17) is 4.74 Å². The van der Waals surface area contributed by atoms with Gasteiger partial charge >= 0.3 is 0 Å². The van der Waals surface area contributed by atoms with Crippen LogP contribution in [0.25, 0.3) is 16.8 Å². The highest BCUT2D eigenvalue weighted by Crippen LogP contribution is 2.15. The van der Waals surface area contributed by atoms with E-state index < -0.39 is 0 Å². The normalized spacial score (nSPS) is 10.9. The zero-order valence-corrected chi connectivity index (χ0v) is 13.3. The monoisotopic (exact) mass is 326 g/mol. The van der Waals surface area contributed by atoms with Crippen LogP contribution in [-0.2, 0) is 4.74 Å². The summed E-state index contributed by atoms with van der Waals surface area (Å²) in [7, 11) is 1.61. The second-order valence-corrected chi connectivity index (χ2v) is 5.32. The number of hydrogen-bond acceptors (Lipinski definition) is 4. The van der Waals surface area contributed by atoms with E-state index in [1.54, 1.807) is 13.3 Å². The second kappa shape index (κ2) is 7.10. The summed E-state index contributed by atoms with van der Waals surface area (Å²) < 4.78 is 6.37. The Hall–Kier alpha value is -2.93. The van der Waals surface area contributed by atoms with Crippen molar-refractivity contribution in [2.75, 3.05) is 20.3 Å². The molecule has 0 fully saturated rings. The Morgan fingerprint density at radius 1 is 1.33 bits per heavy atom. The molecule has 0 aliphatic rings. The number of fused-ring (bicyclic) bond motifs is 1. The lowest BCUT2D eigenvalue weighted by Gasteiger charge is -2.02. The van der Waals surface area contributed by atoms with Crippen molar-refractivity contribution in [3.8, 4) is 11.3 Å². The first-order chi connectivity index (χ1) is 11.7. The molecule has 1 aromatic carbocycles. The van der Waals surface area contributed by atoms with Gasteiger partial charge < -0.3 is 15.0 Å². The Kier molecular flexibility index (Phi) is 4.72. The molecule has 7 nitrogen and oxygen atoms in total. The largest absolute Gasteiger partial charge is 0.385 e. The van der Waals surface area contributed by atoms with Gasteiger partial charge in [0.1, 0.15) is 5.52 Å². The molecule has 2 heterocycles. The number of carbonyl (C=O) groups is 1. The molecule has 3 rings (SSSR count). The third-order valence-electron chi connectivity index (χ3n) is 3.60. The summed E-state index contributed by atoms with van der Waals surface area (Å²) in [6, 6.07) is 11.0. The summed E-state index contributed by atoms with van der Waals surface area (Å²) in [5.41, 5.74) is 1.77. The van der Waals surface area contributed by atoms with Crippen LogP contribution in [-0.4, -0.2) is 40.8 Å². The van der Waals surface area contributed by atoms with Crippen LogP contribution in [0.5, 0.6) is 0 Å². The molecule has 24 heavy (non-hydrogen) atoms. The van der Waals surface area contributed by atoms with E-state index in [2.05, 4.69) is 15.4 Å². The molecular formula is C17H18N4O3. The average Bonchev–Trinajstić information content (AvgIpc) is 3.04. The van der Waals surface area contributed by atoms with Crippen molar-refractivity contribution < 1.29 is 9.53 Å². The molecule has 2 aromatic heterocycles. The maximum absolute atomic E-state index is 12.2. The van der Waals surface area contributed by atoms with Crippen molar-refractivity contribution in [2.24, 2.45) is 0 Å². The number of methoxy groups -OCH3 is 1. The molecule has 0 spiro atoms. The Morgan fingerprint density at radius 2 is 2.12 bits per heavy atom. The number of carbonyl (C=O) groups excluding carboxylic acids is 1. The molecule has 124 valence electrons. The fourth-order valence-electron chi connectivity index (χ4n) is 2.39. The molecule has 0 aliphatic heterocycles. The van der Waals surface area contributed by atoms with Gasteiger partial charge in [-0.05, 0) is 12.0 Å². The Labute approximate surface area is 138 Å². The van der Waals surface area contributed by atoms with Gasteiger partial charge in [-0.3, -0.25) is 9.59 Å². The number of nitrogens with zero attached hydrogens (tertiary/aromatic N) is 2. The van der Waals surface area contributed by atoms with Gasteiger partial charge in [0.15, 0.2) is 5.69 Å². The number of H-pyrrole nitrogens is 1. The minimum Gasteiger partial charge on any atom is -0.385 e. The molecule has 0 aliphatic carbocycles. The molecule has 3 aromatic rings. The molecule has 0 radical (unpaired) electrons. The number of aromatic amines is 1. The van der Waals surface area contributed by atoms with Crippen LogP contribution >= 0.6 is 0 Å². The highest BCUT2D eigenvalue weighted by molar-refractivity contribution is 5.93. The molecule has 2 N–H and O–H groups in total. The van der Waals surface area contributed by atoms with Crippen LogP contribution in [0.4, 0.5) is 0 Å². The van der Waals surface area contributed by atoms with Gasteiger partial charge in [0.25, 0.3) is 11.5 Å². The summed E-state index contributed by atoms with van der Waals surface area (Å²) in [6.45, 7) is 1.07. The minimum absolute atomic E-state index is 0.211. The minimum atomic E-state index is -0.310. The fraction of sp³-hybridized carbons (Fsp3) is 0.235. The predicted octanol–water partition coefficient (Wildman–Crippen LogP) is 1.46. The zero-order valence-electron chi connectivity index (χ0n) is 13.3. The van der Waals surface area contributed by atoms with E-state index >= 15 is 0 Å². The molecule has 0 atom stereocenters. The molecule has 7 heteroatoms. The highest BCUT2D eigenvalue weighted by Gasteiger charge is 2.13. The zero-order chi connectivity index (χ0) is 16.9. The number of amides is 1. The average molecular weight is 326 g/mol. The first kappa shape index (κ1) is 15.9. The van der Waals surface area contributed by atoms with Gasteiger partial charge in [-0.25, -0.2) is 4.52 Å². The van der Waals surface area contributed by atoms with Crippen LogP contribution in [0.2, 0.25) is 0 Å². The van der Waals surface area contributed by atoms with Crippen molar-refractivity contribution in [3.63, 3.8) is 0 Å².